The Balaban J connectivity index is 1.26. The van der Waals surface area contributed by atoms with Gasteiger partial charge in [-0.2, -0.15) is 0 Å². The number of anilines is 1. The molecule has 0 aliphatic heterocycles. The molecule has 3 heterocycles. The topological polar surface area (TPSA) is 99.0 Å². The lowest BCUT2D eigenvalue weighted by Crippen LogP contribution is -2.16. The van der Waals surface area contributed by atoms with E-state index in [0.29, 0.717) is 22.3 Å². The van der Waals surface area contributed by atoms with Crippen LogP contribution in [0.1, 0.15) is 47.0 Å². The van der Waals surface area contributed by atoms with Crippen LogP contribution in [0.2, 0.25) is 0 Å². The predicted molar refractivity (Wildman–Crippen MR) is 168 cm³/mol. The van der Waals surface area contributed by atoms with Crippen LogP contribution in [0.25, 0.3) is 33.5 Å². The number of benzene rings is 2. The molecule has 0 radical (unpaired) electrons. The molecule has 214 valence electrons. The zero-order valence-corrected chi connectivity index (χ0v) is 25.2. The second-order valence-corrected chi connectivity index (χ2v) is 12.1. The standard InChI is InChI=1S/C32H31N5O3S2/c1-3-37-29(23-18-25(20-12-6-4-7-13-20)33-24-16-11-10-14-21(23)24)35-36-32(37)41-19-27(38)34-30-28(31(39)40-2)22-15-8-5-9-17-26(22)42-30/h4,6-7,10-14,16,18H,3,5,8-9,15,17,19H2,1-2H3,(H,34,38). The zero-order chi connectivity index (χ0) is 29.1. The van der Waals surface area contributed by atoms with E-state index >= 15 is 0 Å². The van der Waals surface area contributed by atoms with Gasteiger partial charge in [-0.1, -0.05) is 66.7 Å². The third kappa shape index (κ3) is 5.56. The minimum absolute atomic E-state index is 0.133. The maximum atomic E-state index is 13.1. The van der Waals surface area contributed by atoms with Crippen LogP contribution in [0.4, 0.5) is 5.00 Å². The largest absolute Gasteiger partial charge is 0.465 e. The number of amides is 1. The first-order valence-corrected chi connectivity index (χ1v) is 15.9. The minimum Gasteiger partial charge on any atom is -0.465 e. The maximum absolute atomic E-state index is 13.1. The molecule has 1 amide bonds. The van der Waals surface area contributed by atoms with Crippen molar-refractivity contribution in [3.05, 3.63) is 76.7 Å². The molecule has 3 aromatic heterocycles. The van der Waals surface area contributed by atoms with Crippen LogP contribution in [0, 0.1) is 0 Å². The van der Waals surface area contributed by atoms with E-state index in [9.17, 15) is 9.59 Å². The summed E-state index contributed by atoms with van der Waals surface area (Å²) in [6.07, 6.45) is 5.02. The van der Waals surface area contributed by atoms with Gasteiger partial charge in [0.1, 0.15) is 5.00 Å². The fraction of sp³-hybridized carbons (Fsp3) is 0.281. The number of methoxy groups -OCH3 is 1. The quantitative estimate of drug-likeness (QED) is 0.116. The number of pyridine rings is 1. The van der Waals surface area contributed by atoms with E-state index in [4.69, 9.17) is 9.72 Å². The second kappa shape index (κ2) is 12.5. The number of carbonyl (C=O) groups is 2. The molecule has 1 N–H and O–H groups in total. The molecule has 2 aromatic carbocycles. The van der Waals surface area contributed by atoms with Gasteiger partial charge >= 0.3 is 5.97 Å². The fourth-order valence-corrected chi connectivity index (χ4v) is 7.53. The molecule has 1 aliphatic carbocycles. The van der Waals surface area contributed by atoms with Crippen molar-refractivity contribution in [2.75, 3.05) is 18.2 Å². The molecule has 0 unspecified atom stereocenters. The molecule has 0 fully saturated rings. The van der Waals surface area contributed by atoms with Crippen molar-refractivity contribution in [1.29, 1.82) is 0 Å². The summed E-state index contributed by atoms with van der Waals surface area (Å²) in [6, 6.07) is 20.2. The van der Waals surface area contributed by atoms with Crippen molar-refractivity contribution in [3.8, 4) is 22.6 Å². The summed E-state index contributed by atoms with van der Waals surface area (Å²) in [4.78, 5) is 31.9. The van der Waals surface area contributed by atoms with Crippen LogP contribution in [0.3, 0.4) is 0 Å². The third-order valence-corrected chi connectivity index (χ3v) is 9.63. The first-order chi connectivity index (χ1) is 20.6. The molecule has 0 saturated heterocycles. The van der Waals surface area contributed by atoms with E-state index < -0.39 is 5.97 Å². The number of para-hydroxylation sites is 1. The van der Waals surface area contributed by atoms with Gasteiger partial charge in [-0.15, -0.1) is 21.5 Å². The lowest BCUT2D eigenvalue weighted by molar-refractivity contribution is -0.113. The summed E-state index contributed by atoms with van der Waals surface area (Å²) in [5.74, 6) is 0.265. The van der Waals surface area contributed by atoms with Gasteiger partial charge in [0.15, 0.2) is 11.0 Å². The van der Waals surface area contributed by atoms with Crippen molar-refractivity contribution in [3.63, 3.8) is 0 Å². The Hall–Kier alpha value is -4.02. The van der Waals surface area contributed by atoms with Crippen LogP contribution >= 0.6 is 23.1 Å². The summed E-state index contributed by atoms with van der Waals surface area (Å²) in [7, 11) is 1.38. The number of ether oxygens (including phenoxy) is 1. The number of thioether (sulfide) groups is 1. The summed E-state index contributed by atoms with van der Waals surface area (Å²) in [5, 5.41) is 14.3. The summed E-state index contributed by atoms with van der Waals surface area (Å²) < 4.78 is 7.11. The van der Waals surface area contributed by atoms with Crippen molar-refractivity contribution in [2.45, 2.75) is 50.7 Å². The lowest BCUT2D eigenvalue weighted by atomic mass is 10.0. The number of thiophene rings is 1. The van der Waals surface area contributed by atoms with Gasteiger partial charge in [0.25, 0.3) is 0 Å². The Morgan fingerprint density at radius 2 is 1.81 bits per heavy atom. The van der Waals surface area contributed by atoms with Crippen molar-refractivity contribution in [1.82, 2.24) is 19.7 Å². The Morgan fingerprint density at radius 1 is 1.02 bits per heavy atom. The number of hydrogen-bond donors (Lipinski definition) is 1. The number of nitrogens with one attached hydrogen (secondary N) is 1. The molecule has 0 atom stereocenters. The molecule has 6 rings (SSSR count). The highest BCUT2D eigenvalue weighted by molar-refractivity contribution is 7.99. The van der Waals surface area contributed by atoms with Gasteiger partial charge in [0.05, 0.1) is 29.6 Å². The summed E-state index contributed by atoms with van der Waals surface area (Å²) in [6.45, 7) is 2.67. The molecule has 0 saturated carbocycles. The highest BCUT2D eigenvalue weighted by Gasteiger charge is 2.26. The highest BCUT2D eigenvalue weighted by Crippen LogP contribution is 2.38. The van der Waals surface area contributed by atoms with Crippen molar-refractivity contribution >= 4 is 50.9 Å². The fourth-order valence-electron chi connectivity index (χ4n) is 5.44. The van der Waals surface area contributed by atoms with E-state index in [1.807, 2.05) is 66.1 Å². The number of aromatic nitrogens is 4. The third-order valence-electron chi connectivity index (χ3n) is 7.46. The number of hydrogen-bond acceptors (Lipinski definition) is 8. The van der Waals surface area contributed by atoms with Crippen molar-refractivity contribution < 1.29 is 14.3 Å². The number of nitrogens with zero attached hydrogens (tertiary/aromatic N) is 4. The van der Waals surface area contributed by atoms with Gasteiger partial charge in [0.2, 0.25) is 5.91 Å². The minimum atomic E-state index is -0.396. The normalized spacial score (nSPS) is 13.0. The molecule has 8 nitrogen and oxygen atoms in total. The van der Waals surface area contributed by atoms with E-state index in [0.717, 1.165) is 71.2 Å². The van der Waals surface area contributed by atoms with Crippen LogP contribution in [-0.2, 0) is 28.9 Å². The van der Waals surface area contributed by atoms with Gasteiger partial charge in [-0.25, -0.2) is 9.78 Å². The Labute approximate surface area is 252 Å². The van der Waals surface area contributed by atoms with Gasteiger partial charge in [-0.3, -0.25) is 4.79 Å². The average Bonchev–Trinajstić information content (AvgIpc) is 3.51. The number of fused-ring (bicyclic) bond motifs is 2. The molecule has 5 aromatic rings. The molecular weight excluding hydrogens is 567 g/mol. The van der Waals surface area contributed by atoms with Gasteiger partial charge < -0.3 is 14.6 Å². The van der Waals surface area contributed by atoms with Gasteiger partial charge in [-0.05, 0) is 50.3 Å². The van der Waals surface area contributed by atoms with E-state index in [-0.39, 0.29) is 11.7 Å². The molecule has 10 heteroatoms. The lowest BCUT2D eigenvalue weighted by Gasteiger charge is -2.12. The van der Waals surface area contributed by atoms with E-state index in [1.165, 1.54) is 35.1 Å². The smallest absolute Gasteiger partial charge is 0.341 e. The van der Waals surface area contributed by atoms with E-state index in [2.05, 4.69) is 21.6 Å². The SMILES string of the molecule is CCn1c(SCC(=O)Nc2sc3c(c2C(=O)OC)CCCCC3)nnc1-c1cc(-c2ccccc2)nc2ccccc12. The maximum Gasteiger partial charge on any atom is 0.341 e. The second-order valence-electron chi connectivity index (χ2n) is 10.1. The zero-order valence-electron chi connectivity index (χ0n) is 23.6. The molecule has 0 spiro atoms. The Bertz CT molecular complexity index is 1760. The van der Waals surface area contributed by atoms with Crippen LogP contribution in [0.15, 0.2) is 65.8 Å². The van der Waals surface area contributed by atoms with Crippen LogP contribution in [0.5, 0.6) is 0 Å². The first-order valence-electron chi connectivity index (χ1n) is 14.1. The monoisotopic (exact) mass is 597 g/mol. The molecule has 0 bridgehead atoms. The van der Waals surface area contributed by atoms with E-state index in [1.54, 1.807) is 0 Å². The predicted octanol–water partition coefficient (Wildman–Crippen LogP) is 7.03. The van der Waals surface area contributed by atoms with Crippen LogP contribution in [-0.4, -0.2) is 44.5 Å². The number of carbonyl (C=O) groups excluding carboxylic acids is 2. The molecule has 1 aliphatic rings. The number of esters is 1. The molecule has 42 heavy (non-hydrogen) atoms. The Morgan fingerprint density at radius 3 is 2.62 bits per heavy atom. The van der Waals surface area contributed by atoms with Crippen LogP contribution < -0.4 is 5.32 Å². The number of aryl methyl sites for hydroxylation is 1. The van der Waals surface area contributed by atoms with Gasteiger partial charge in [0, 0.05) is 27.9 Å². The Kier molecular flexibility index (Phi) is 8.34. The summed E-state index contributed by atoms with van der Waals surface area (Å²) in [5.41, 5.74) is 5.24. The number of rotatable bonds is 8. The average molecular weight is 598 g/mol. The first kappa shape index (κ1) is 28.1. The highest BCUT2D eigenvalue weighted by atomic mass is 32.2. The summed E-state index contributed by atoms with van der Waals surface area (Å²) >= 11 is 2.83. The molecular formula is C32H31N5O3S2. The van der Waals surface area contributed by atoms with Crippen molar-refractivity contribution in [2.24, 2.45) is 0 Å².